The van der Waals surface area contributed by atoms with Gasteiger partial charge in [0.15, 0.2) is 0 Å². The molecular formula is C20H27N3O2. The Kier molecular flexibility index (Phi) is 5.53. The fourth-order valence-electron chi connectivity index (χ4n) is 3.47. The SMILES string of the molecule is CC(C)n1cc(C(=O)N(Cc2ccccc2)[C@@H]2CCCC[C@H]2O)cn1. The van der Waals surface area contributed by atoms with Crippen LogP contribution in [0.4, 0.5) is 0 Å². The minimum atomic E-state index is -0.457. The quantitative estimate of drug-likeness (QED) is 0.907. The second-order valence-corrected chi connectivity index (χ2v) is 7.14. The molecule has 1 heterocycles. The van der Waals surface area contributed by atoms with Gasteiger partial charge in [-0.25, -0.2) is 0 Å². The summed E-state index contributed by atoms with van der Waals surface area (Å²) in [6, 6.07) is 10.0. The number of carbonyl (C=O) groups excluding carboxylic acids is 1. The van der Waals surface area contributed by atoms with Gasteiger partial charge in [-0.15, -0.1) is 0 Å². The topological polar surface area (TPSA) is 58.4 Å². The smallest absolute Gasteiger partial charge is 0.257 e. The third-order valence-electron chi connectivity index (χ3n) is 4.93. The molecule has 3 rings (SSSR count). The summed E-state index contributed by atoms with van der Waals surface area (Å²) < 4.78 is 1.80. The number of hydrogen-bond acceptors (Lipinski definition) is 3. The molecule has 25 heavy (non-hydrogen) atoms. The third-order valence-corrected chi connectivity index (χ3v) is 4.93. The van der Waals surface area contributed by atoms with Crippen LogP contribution in [0.5, 0.6) is 0 Å². The van der Waals surface area contributed by atoms with Gasteiger partial charge in [0.1, 0.15) is 0 Å². The zero-order valence-electron chi connectivity index (χ0n) is 15.0. The highest BCUT2D eigenvalue weighted by molar-refractivity contribution is 5.94. The minimum Gasteiger partial charge on any atom is -0.391 e. The van der Waals surface area contributed by atoms with Gasteiger partial charge >= 0.3 is 0 Å². The fraction of sp³-hybridized carbons (Fsp3) is 0.500. The van der Waals surface area contributed by atoms with Gasteiger partial charge in [0, 0.05) is 18.8 Å². The highest BCUT2D eigenvalue weighted by Gasteiger charge is 2.32. The molecule has 0 bridgehead atoms. The summed E-state index contributed by atoms with van der Waals surface area (Å²) in [5, 5.41) is 14.8. The maximum atomic E-state index is 13.2. The van der Waals surface area contributed by atoms with Crippen LogP contribution in [-0.4, -0.2) is 37.8 Å². The molecule has 0 radical (unpaired) electrons. The first-order chi connectivity index (χ1) is 12.1. The van der Waals surface area contributed by atoms with E-state index in [-0.39, 0.29) is 18.0 Å². The highest BCUT2D eigenvalue weighted by atomic mass is 16.3. The molecule has 1 fully saturated rings. The molecule has 1 aromatic heterocycles. The van der Waals surface area contributed by atoms with Crippen molar-refractivity contribution in [1.82, 2.24) is 14.7 Å². The zero-order chi connectivity index (χ0) is 17.8. The van der Waals surface area contributed by atoms with E-state index in [1.807, 2.05) is 49.1 Å². The summed E-state index contributed by atoms with van der Waals surface area (Å²) in [5.74, 6) is -0.0540. The number of amides is 1. The van der Waals surface area contributed by atoms with E-state index >= 15 is 0 Å². The van der Waals surface area contributed by atoms with Crippen molar-refractivity contribution in [3.05, 3.63) is 53.9 Å². The Hall–Kier alpha value is -2.14. The van der Waals surface area contributed by atoms with E-state index in [1.165, 1.54) is 0 Å². The van der Waals surface area contributed by atoms with Crippen LogP contribution in [0, 0.1) is 0 Å². The average molecular weight is 341 g/mol. The van der Waals surface area contributed by atoms with Gasteiger partial charge in [-0.05, 0) is 32.3 Å². The van der Waals surface area contributed by atoms with Crippen LogP contribution in [0.2, 0.25) is 0 Å². The van der Waals surface area contributed by atoms with Gasteiger partial charge in [-0.2, -0.15) is 5.10 Å². The lowest BCUT2D eigenvalue weighted by atomic mass is 9.90. The van der Waals surface area contributed by atoms with E-state index in [2.05, 4.69) is 5.10 Å². The number of aliphatic hydroxyl groups is 1. The van der Waals surface area contributed by atoms with Crippen LogP contribution < -0.4 is 0 Å². The molecule has 2 atom stereocenters. The summed E-state index contributed by atoms with van der Waals surface area (Å²) in [4.78, 5) is 15.0. The first-order valence-electron chi connectivity index (χ1n) is 9.13. The van der Waals surface area contributed by atoms with E-state index in [0.717, 1.165) is 31.2 Å². The average Bonchev–Trinajstić information content (AvgIpc) is 3.11. The minimum absolute atomic E-state index is 0.0540. The van der Waals surface area contributed by atoms with Crippen LogP contribution in [0.25, 0.3) is 0 Å². The standard InChI is InChI=1S/C20H27N3O2/c1-15(2)23-14-17(12-21-23)20(25)22(13-16-8-4-3-5-9-16)18-10-6-7-11-19(18)24/h3-5,8-9,12,14-15,18-19,24H,6-7,10-11,13H2,1-2H3/t18-,19-/m1/s1. The van der Waals surface area contributed by atoms with E-state index in [4.69, 9.17) is 0 Å². The predicted molar refractivity (Wildman–Crippen MR) is 97.2 cm³/mol. The second kappa shape index (κ2) is 7.83. The molecule has 1 aliphatic rings. The van der Waals surface area contributed by atoms with Crippen molar-refractivity contribution in [1.29, 1.82) is 0 Å². The summed E-state index contributed by atoms with van der Waals surface area (Å²) in [7, 11) is 0. The Morgan fingerprint density at radius 2 is 2.00 bits per heavy atom. The Labute approximate surface area is 149 Å². The monoisotopic (exact) mass is 341 g/mol. The van der Waals surface area contributed by atoms with Crippen LogP contribution in [0.1, 0.15) is 61.5 Å². The van der Waals surface area contributed by atoms with Crippen molar-refractivity contribution in [2.24, 2.45) is 0 Å². The van der Waals surface area contributed by atoms with Gasteiger partial charge in [0.2, 0.25) is 0 Å². The fourth-order valence-corrected chi connectivity index (χ4v) is 3.47. The van der Waals surface area contributed by atoms with Crippen molar-refractivity contribution in [2.75, 3.05) is 0 Å². The second-order valence-electron chi connectivity index (χ2n) is 7.14. The number of carbonyl (C=O) groups is 1. The van der Waals surface area contributed by atoms with E-state index in [0.29, 0.717) is 12.1 Å². The van der Waals surface area contributed by atoms with Crippen molar-refractivity contribution >= 4 is 5.91 Å². The first-order valence-corrected chi connectivity index (χ1v) is 9.13. The number of benzene rings is 1. The molecule has 1 aliphatic carbocycles. The van der Waals surface area contributed by atoms with Gasteiger partial charge in [-0.3, -0.25) is 9.48 Å². The Balaban J connectivity index is 1.87. The molecule has 1 saturated carbocycles. The predicted octanol–water partition coefficient (Wildman–Crippen LogP) is 3.41. The molecule has 134 valence electrons. The third kappa shape index (κ3) is 4.10. The molecule has 5 heteroatoms. The van der Waals surface area contributed by atoms with Gasteiger partial charge in [0.25, 0.3) is 5.91 Å². The van der Waals surface area contributed by atoms with Crippen LogP contribution in [0.15, 0.2) is 42.7 Å². The molecule has 0 aliphatic heterocycles. The largest absolute Gasteiger partial charge is 0.391 e. The van der Waals surface area contributed by atoms with E-state index < -0.39 is 6.10 Å². The Bertz CT molecular complexity index is 696. The normalized spacial score (nSPS) is 20.6. The number of rotatable bonds is 5. The lowest BCUT2D eigenvalue weighted by molar-refractivity contribution is 0.0149. The summed E-state index contributed by atoms with van der Waals surface area (Å²) in [5.41, 5.74) is 1.66. The summed E-state index contributed by atoms with van der Waals surface area (Å²) in [6.07, 6.45) is 6.66. The molecule has 1 amide bonds. The number of hydrogen-bond donors (Lipinski definition) is 1. The van der Waals surface area contributed by atoms with Crippen molar-refractivity contribution in [2.45, 2.75) is 64.3 Å². The first kappa shape index (κ1) is 17.7. The van der Waals surface area contributed by atoms with Gasteiger partial charge in [-0.1, -0.05) is 43.2 Å². The number of aliphatic hydroxyl groups excluding tert-OH is 1. The Morgan fingerprint density at radius 1 is 1.28 bits per heavy atom. The summed E-state index contributed by atoms with van der Waals surface area (Å²) >= 11 is 0. The number of nitrogens with zero attached hydrogens (tertiary/aromatic N) is 3. The number of aromatic nitrogens is 2. The van der Waals surface area contributed by atoms with Crippen LogP contribution >= 0.6 is 0 Å². The Morgan fingerprint density at radius 3 is 2.64 bits per heavy atom. The molecule has 2 aromatic rings. The van der Waals surface area contributed by atoms with Crippen molar-refractivity contribution in [3.8, 4) is 0 Å². The van der Waals surface area contributed by atoms with E-state index in [9.17, 15) is 9.90 Å². The van der Waals surface area contributed by atoms with Crippen molar-refractivity contribution < 1.29 is 9.90 Å². The molecule has 5 nitrogen and oxygen atoms in total. The maximum Gasteiger partial charge on any atom is 0.257 e. The summed E-state index contributed by atoms with van der Waals surface area (Å²) in [6.45, 7) is 4.58. The molecule has 1 N–H and O–H groups in total. The van der Waals surface area contributed by atoms with Crippen LogP contribution in [-0.2, 0) is 6.54 Å². The lowest BCUT2D eigenvalue weighted by Crippen LogP contribution is -2.48. The van der Waals surface area contributed by atoms with Crippen molar-refractivity contribution in [3.63, 3.8) is 0 Å². The highest BCUT2D eigenvalue weighted by Crippen LogP contribution is 2.26. The lowest BCUT2D eigenvalue weighted by Gasteiger charge is -2.37. The maximum absolute atomic E-state index is 13.2. The van der Waals surface area contributed by atoms with Crippen LogP contribution in [0.3, 0.4) is 0 Å². The van der Waals surface area contributed by atoms with E-state index in [1.54, 1.807) is 17.1 Å². The zero-order valence-corrected chi connectivity index (χ0v) is 15.0. The molecular weight excluding hydrogens is 314 g/mol. The molecule has 1 aromatic carbocycles. The molecule has 0 spiro atoms. The van der Waals surface area contributed by atoms with Gasteiger partial charge in [0.05, 0.1) is 23.9 Å². The molecule has 0 unspecified atom stereocenters. The van der Waals surface area contributed by atoms with Gasteiger partial charge < -0.3 is 10.0 Å². The molecule has 0 saturated heterocycles.